The number of hydrogen-bond acceptors (Lipinski definition) is 2. The molecule has 0 aromatic heterocycles. The van der Waals surface area contributed by atoms with Gasteiger partial charge in [0, 0.05) is 13.1 Å². The lowest BCUT2D eigenvalue weighted by Crippen LogP contribution is -2.45. The maximum absolute atomic E-state index is 11.7. The van der Waals surface area contributed by atoms with Crippen LogP contribution < -0.4 is 0 Å². The molecule has 1 aliphatic rings. The van der Waals surface area contributed by atoms with Crippen molar-refractivity contribution in [1.82, 2.24) is 4.90 Å². The van der Waals surface area contributed by atoms with Crippen LogP contribution in [-0.4, -0.2) is 35.6 Å². The summed E-state index contributed by atoms with van der Waals surface area (Å²) in [6.45, 7) is 9.31. The van der Waals surface area contributed by atoms with Crippen molar-refractivity contribution in [2.24, 2.45) is 11.3 Å². The van der Waals surface area contributed by atoms with E-state index in [9.17, 15) is 9.90 Å². The summed E-state index contributed by atoms with van der Waals surface area (Å²) in [5.41, 5.74) is -0.471. The predicted octanol–water partition coefficient (Wildman–Crippen LogP) is 3.39. The molecule has 0 aromatic carbocycles. The normalized spacial score (nSPS) is 20.9. The van der Waals surface area contributed by atoms with Gasteiger partial charge >= 0.3 is 5.97 Å². The molecule has 0 amide bonds. The lowest BCUT2D eigenvalue weighted by molar-refractivity contribution is -0.152. The third-order valence-corrected chi connectivity index (χ3v) is 4.50. The van der Waals surface area contributed by atoms with Crippen molar-refractivity contribution in [2.45, 2.75) is 59.3 Å². The van der Waals surface area contributed by atoms with Crippen LogP contribution in [0.15, 0.2) is 0 Å². The highest BCUT2D eigenvalue weighted by molar-refractivity contribution is 5.75. The topological polar surface area (TPSA) is 40.5 Å². The Hall–Kier alpha value is -0.570. The molecular formula is C15H29NO2. The molecule has 3 nitrogen and oxygen atoms in total. The molecule has 1 N–H and O–H groups in total. The molecule has 0 bridgehead atoms. The molecule has 1 fully saturated rings. The first-order valence-electron chi connectivity index (χ1n) is 7.50. The fraction of sp³-hybridized carbons (Fsp3) is 0.933. The highest BCUT2D eigenvalue weighted by atomic mass is 16.4. The summed E-state index contributed by atoms with van der Waals surface area (Å²) in [6, 6.07) is 0. The second-order valence-electron chi connectivity index (χ2n) is 5.99. The lowest BCUT2D eigenvalue weighted by Gasteiger charge is -2.38. The van der Waals surface area contributed by atoms with Gasteiger partial charge in [0.15, 0.2) is 0 Å². The van der Waals surface area contributed by atoms with Crippen molar-refractivity contribution in [3.63, 3.8) is 0 Å². The summed E-state index contributed by atoms with van der Waals surface area (Å²) in [5.74, 6) is 0.0733. The second kappa shape index (κ2) is 7.13. The molecule has 0 aromatic rings. The number of carboxylic acid groups (broad SMARTS) is 1. The molecular weight excluding hydrogens is 226 g/mol. The minimum absolute atomic E-state index is 0.471. The number of carboxylic acids is 1. The Morgan fingerprint density at radius 2 is 1.89 bits per heavy atom. The Morgan fingerprint density at radius 3 is 2.33 bits per heavy atom. The highest BCUT2D eigenvalue weighted by Gasteiger charge is 2.40. The molecule has 1 rings (SSSR count). The van der Waals surface area contributed by atoms with Crippen LogP contribution in [0.3, 0.4) is 0 Å². The van der Waals surface area contributed by atoms with Gasteiger partial charge in [0.2, 0.25) is 0 Å². The third-order valence-electron chi connectivity index (χ3n) is 4.50. The maximum Gasteiger partial charge on any atom is 0.310 e. The zero-order valence-electron chi connectivity index (χ0n) is 12.2. The van der Waals surface area contributed by atoms with Gasteiger partial charge in [-0.1, -0.05) is 46.5 Å². The summed E-state index contributed by atoms with van der Waals surface area (Å²) in [6.07, 6.45) is 6.24. The van der Waals surface area contributed by atoms with E-state index in [1.807, 2.05) is 0 Å². The molecule has 1 unspecified atom stereocenters. The van der Waals surface area contributed by atoms with Crippen molar-refractivity contribution in [2.75, 3.05) is 19.6 Å². The largest absolute Gasteiger partial charge is 0.481 e. The van der Waals surface area contributed by atoms with Crippen LogP contribution >= 0.6 is 0 Å². The summed E-state index contributed by atoms with van der Waals surface area (Å²) in [5, 5.41) is 9.60. The number of rotatable bonds is 7. The maximum atomic E-state index is 11.7. The molecule has 0 saturated heterocycles. The van der Waals surface area contributed by atoms with Gasteiger partial charge in [0.25, 0.3) is 0 Å². The first-order valence-corrected chi connectivity index (χ1v) is 7.50. The van der Waals surface area contributed by atoms with E-state index in [0.29, 0.717) is 5.92 Å². The van der Waals surface area contributed by atoms with Gasteiger partial charge in [0.05, 0.1) is 5.41 Å². The molecule has 0 spiro atoms. The van der Waals surface area contributed by atoms with Crippen LogP contribution in [0.2, 0.25) is 0 Å². The van der Waals surface area contributed by atoms with Crippen molar-refractivity contribution >= 4 is 5.97 Å². The van der Waals surface area contributed by atoms with Gasteiger partial charge in [-0.25, -0.2) is 0 Å². The molecule has 0 aliphatic heterocycles. The molecule has 0 radical (unpaired) electrons. The molecule has 3 heteroatoms. The van der Waals surface area contributed by atoms with E-state index >= 15 is 0 Å². The number of nitrogens with zero attached hydrogens (tertiary/aromatic N) is 1. The van der Waals surface area contributed by atoms with Crippen LogP contribution in [0, 0.1) is 11.3 Å². The minimum atomic E-state index is -0.579. The first-order chi connectivity index (χ1) is 8.54. The molecule has 1 saturated carbocycles. The number of carbonyl (C=O) groups is 1. The van der Waals surface area contributed by atoms with E-state index in [2.05, 4.69) is 25.7 Å². The quantitative estimate of drug-likeness (QED) is 0.758. The fourth-order valence-corrected chi connectivity index (χ4v) is 2.97. The Balaban J connectivity index is 2.66. The van der Waals surface area contributed by atoms with Crippen LogP contribution in [0.4, 0.5) is 0 Å². The van der Waals surface area contributed by atoms with Crippen molar-refractivity contribution in [3.8, 4) is 0 Å². The predicted molar refractivity (Wildman–Crippen MR) is 74.7 cm³/mol. The average molecular weight is 255 g/mol. The molecule has 1 aliphatic carbocycles. The summed E-state index contributed by atoms with van der Waals surface area (Å²) in [4.78, 5) is 14.0. The monoisotopic (exact) mass is 255 g/mol. The van der Waals surface area contributed by atoms with E-state index < -0.39 is 11.4 Å². The molecule has 0 heterocycles. The van der Waals surface area contributed by atoms with Gasteiger partial charge < -0.3 is 10.0 Å². The summed E-state index contributed by atoms with van der Waals surface area (Å²) in [7, 11) is 0. The van der Waals surface area contributed by atoms with Crippen LogP contribution in [0.25, 0.3) is 0 Å². The smallest absolute Gasteiger partial charge is 0.310 e. The van der Waals surface area contributed by atoms with Gasteiger partial charge in [0.1, 0.15) is 0 Å². The van der Waals surface area contributed by atoms with E-state index in [1.54, 1.807) is 0 Å². The molecule has 106 valence electrons. The SMILES string of the molecule is CCC(C)CN(CC)CC1(C(=O)O)CCCCC1. The number of hydrogen-bond donors (Lipinski definition) is 1. The van der Waals surface area contributed by atoms with E-state index in [1.165, 1.54) is 6.42 Å². The molecule has 1 atom stereocenters. The van der Waals surface area contributed by atoms with E-state index in [4.69, 9.17) is 0 Å². The first kappa shape index (κ1) is 15.5. The standard InChI is InChI=1S/C15H29NO2/c1-4-13(3)11-16(5-2)12-15(14(17)18)9-7-6-8-10-15/h13H,4-12H2,1-3H3,(H,17,18). The second-order valence-corrected chi connectivity index (χ2v) is 5.99. The van der Waals surface area contributed by atoms with E-state index in [-0.39, 0.29) is 0 Å². The van der Waals surface area contributed by atoms with Crippen molar-refractivity contribution in [3.05, 3.63) is 0 Å². The lowest BCUT2D eigenvalue weighted by atomic mass is 9.73. The summed E-state index contributed by atoms with van der Waals surface area (Å²) >= 11 is 0. The Morgan fingerprint density at radius 1 is 1.28 bits per heavy atom. The Bertz CT molecular complexity index is 259. The van der Waals surface area contributed by atoms with Crippen LogP contribution in [0.1, 0.15) is 59.3 Å². The third kappa shape index (κ3) is 3.98. The van der Waals surface area contributed by atoms with Gasteiger partial charge in [-0.15, -0.1) is 0 Å². The fourth-order valence-electron chi connectivity index (χ4n) is 2.97. The average Bonchev–Trinajstić information content (AvgIpc) is 2.38. The summed E-state index contributed by atoms with van der Waals surface area (Å²) < 4.78 is 0. The van der Waals surface area contributed by atoms with Crippen molar-refractivity contribution < 1.29 is 9.90 Å². The van der Waals surface area contributed by atoms with E-state index in [0.717, 1.165) is 51.7 Å². The number of aliphatic carboxylic acids is 1. The zero-order chi connectivity index (χ0) is 13.6. The van der Waals surface area contributed by atoms with Crippen LogP contribution in [0.5, 0.6) is 0 Å². The van der Waals surface area contributed by atoms with Crippen LogP contribution in [-0.2, 0) is 4.79 Å². The van der Waals surface area contributed by atoms with Crippen molar-refractivity contribution in [1.29, 1.82) is 0 Å². The minimum Gasteiger partial charge on any atom is -0.481 e. The van der Waals surface area contributed by atoms with Gasteiger partial charge in [-0.05, 0) is 25.3 Å². The Kier molecular flexibility index (Phi) is 6.13. The van der Waals surface area contributed by atoms with Gasteiger partial charge in [-0.3, -0.25) is 4.79 Å². The zero-order valence-corrected chi connectivity index (χ0v) is 12.2. The molecule has 18 heavy (non-hydrogen) atoms. The highest BCUT2D eigenvalue weighted by Crippen LogP contribution is 2.37. The van der Waals surface area contributed by atoms with Gasteiger partial charge in [-0.2, -0.15) is 0 Å². The Labute approximate surface area is 112 Å².